The maximum atomic E-state index is 13.7. The monoisotopic (exact) mass is 287 g/mol. The molecule has 21 heavy (non-hydrogen) atoms. The number of rotatable bonds is 3. The number of benzene rings is 2. The second-order valence-corrected chi connectivity index (χ2v) is 5.34. The summed E-state index contributed by atoms with van der Waals surface area (Å²) >= 11 is 0. The fourth-order valence-corrected chi connectivity index (χ4v) is 3.09. The molecule has 0 spiro atoms. The third-order valence-electron chi connectivity index (χ3n) is 4.23. The first kappa shape index (κ1) is 13.9. The number of halogens is 1. The number of aryl methyl sites for hydroxylation is 1. The predicted molar refractivity (Wildman–Crippen MR) is 79.2 cm³/mol. The smallest absolute Gasteiger partial charge is 0.124 e. The highest BCUT2D eigenvalue weighted by atomic mass is 19.1. The van der Waals surface area contributed by atoms with Crippen LogP contribution in [0.3, 0.4) is 0 Å². The predicted octanol–water partition coefficient (Wildman–Crippen LogP) is 2.99. The molecule has 0 heterocycles. The van der Waals surface area contributed by atoms with Crippen LogP contribution in [0.1, 0.15) is 23.1 Å². The summed E-state index contributed by atoms with van der Waals surface area (Å²) in [7, 11) is 3.19. The van der Waals surface area contributed by atoms with Gasteiger partial charge in [0.1, 0.15) is 17.3 Å². The van der Waals surface area contributed by atoms with Crippen LogP contribution in [0, 0.1) is 5.82 Å². The van der Waals surface area contributed by atoms with Gasteiger partial charge >= 0.3 is 0 Å². The molecule has 1 atom stereocenters. The summed E-state index contributed by atoms with van der Waals surface area (Å²) in [5.74, 6) is 1.04. The van der Waals surface area contributed by atoms with E-state index in [1.165, 1.54) is 17.7 Å². The highest BCUT2D eigenvalue weighted by Crippen LogP contribution is 2.44. The Morgan fingerprint density at radius 1 is 1.05 bits per heavy atom. The van der Waals surface area contributed by atoms with Gasteiger partial charge in [-0.1, -0.05) is 6.07 Å². The Labute approximate surface area is 123 Å². The first-order chi connectivity index (χ1) is 10.1. The molecule has 1 unspecified atom stereocenters. The molecule has 0 bridgehead atoms. The zero-order valence-corrected chi connectivity index (χ0v) is 12.2. The number of hydrogen-bond acceptors (Lipinski definition) is 3. The SMILES string of the molecule is COc1ccc2c(c1)C(N)(c1cc(F)ccc1OC)CC2. The van der Waals surface area contributed by atoms with Gasteiger partial charge in [-0.3, -0.25) is 0 Å². The maximum absolute atomic E-state index is 13.7. The van der Waals surface area contributed by atoms with Crippen molar-refractivity contribution < 1.29 is 13.9 Å². The fourth-order valence-electron chi connectivity index (χ4n) is 3.09. The first-order valence-corrected chi connectivity index (χ1v) is 6.89. The molecule has 0 amide bonds. The van der Waals surface area contributed by atoms with Gasteiger partial charge in [-0.2, -0.15) is 0 Å². The zero-order chi connectivity index (χ0) is 15.0. The number of methoxy groups -OCH3 is 2. The summed E-state index contributed by atoms with van der Waals surface area (Å²) in [6, 6.07) is 10.4. The Bertz CT molecular complexity index is 686. The third kappa shape index (κ3) is 2.16. The third-order valence-corrected chi connectivity index (χ3v) is 4.23. The summed E-state index contributed by atoms with van der Waals surface area (Å²) in [6.45, 7) is 0. The number of nitrogens with two attached hydrogens (primary N) is 1. The van der Waals surface area contributed by atoms with Crippen LogP contribution in [-0.4, -0.2) is 14.2 Å². The van der Waals surface area contributed by atoms with E-state index in [1.807, 2.05) is 18.2 Å². The molecule has 3 rings (SSSR count). The Hall–Kier alpha value is -2.07. The minimum Gasteiger partial charge on any atom is -0.497 e. The average molecular weight is 287 g/mol. The quantitative estimate of drug-likeness (QED) is 0.944. The molecular weight excluding hydrogens is 269 g/mol. The Morgan fingerprint density at radius 3 is 2.57 bits per heavy atom. The number of ether oxygens (including phenoxy) is 2. The van der Waals surface area contributed by atoms with E-state index in [9.17, 15) is 4.39 Å². The zero-order valence-electron chi connectivity index (χ0n) is 12.2. The molecule has 0 saturated heterocycles. The van der Waals surface area contributed by atoms with Gasteiger partial charge in [-0.05, 0) is 54.3 Å². The van der Waals surface area contributed by atoms with Gasteiger partial charge in [-0.15, -0.1) is 0 Å². The molecule has 1 aliphatic rings. The van der Waals surface area contributed by atoms with Crippen LogP contribution in [0.5, 0.6) is 11.5 Å². The summed E-state index contributed by atoms with van der Waals surface area (Å²) in [5.41, 5.74) is 8.73. The van der Waals surface area contributed by atoms with Crippen molar-refractivity contribution in [1.29, 1.82) is 0 Å². The van der Waals surface area contributed by atoms with E-state index in [1.54, 1.807) is 20.3 Å². The lowest BCUT2D eigenvalue weighted by Crippen LogP contribution is -2.36. The van der Waals surface area contributed by atoms with Crippen LogP contribution in [0.15, 0.2) is 36.4 Å². The molecule has 1 aliphatic carbocycles. The van der Waals surface area contributed by atoms with Crippen LogP contribution in [0.25, 0.3) is 0 Å². The van der Waals surface area contributed by atoms with Crippen molar-refractivity contribution in [2.75, 3.05) is 14.2 Å². The van der Waals surface area contributed by atoms with Gasteiger partial charge in [-0.25, -0.2) is 4.39 Å². The second-order valence-electron chi connectivity index (χ2n) is 5.34. The molecule has 4 heteroatoms. The molecule has 0 radical (unpaired) electrons. The van der Waals surface area contributed by atoms with Crippen molar-refractivity contribution in [1.82, 2.24) is 0 Å². The van der Waals surface area contributed by atoms with Gasteiger partial charge in [0.2, 0.25) is 0 Å². The summed E-state index contributed by atoms with van der Waals surface area (Å²) in [4.78, 5) is 0. The normalized spacial score (nSPS) is 20.2. The van der Waals surface area contributed by atoms with E-state index < -0.39 is 5.54 Å². The van der Waals surface area contributed by atoms with E-state index in [4.69, 9.17) is 15.2 Å². The van der Waals surface area contributed by atoms with E-state index >= 15 is 0 Å². The topological polar surface area (TPSA) is 44.5 Å². The molecular formula is C17H18FNO2. The molecule has 2 aromatic rings. The molecule has 2 N–H and O–H groups in total. The molecule has 3 nitrogen and oxygen atoms in total. The average Bonchev–Trinajstić information content (AvgIpc) is 2.85. The van der Waals surface area contributed by atoms with Crippen molar-refractivity contribution in [2.45, 2.75) is 18.4 Å². The summed E-state index contributed by atoms with van der Waals surface area (Å²) in [5, 5.41) is 0. The minimum absolute atomic E-state index is 0.313. The van der Waals surface area contributed by atoms with Crippen LogP contribution in [0.4, 0.5) is 4.39 Å². The molecule has 110 valence electrons. The number of fused-ring (bicyclic) bond motifs is 1. The molecule has 0 saturated carbocycles. The van der Waals surface area contributed by atoms with E-state index in [0.29, 0.717) is 11.3 Å². The van der Waals surface area contributed by atoms with Gasteiger partial charge in [0.25, 0.3) is 0 Å². The van der Waals surface area contributed by atoms with Gasteiger partial charge < -0.3 is 15.2 Å². The highest BCUT2D eigenvalue weighted by Gasteiger charge is 2.39. The van der Waals surface area contributed by atoms with Gasteiger partial charge in [0.15, 0.2) is 0 Å². The lowest BCUT2D eigenvalue weighted by atomic mass is 9.84. The van der Waals surface area contributed by atoms with Crippen LogP contribution >= 0.6 is 0 Å². The largest absolute Gasteiger partial charge is 0.497 e. The Balaban J connectivity index is 2.18. The Morgan fingerprint density at radius 2 is 1.86 bits per heavy atom. The lowest BCUT2D eigenvalue weighted by molar-refractivity contribution is 0.390. The summed E-state index contributed by atoms with van der Waals surface area (Å²) < 4.78 is 24.4. The van der Waals surface area contributed by atoms with Gasteiger partial charge in [0.05, 0.1) is 19.8 Å². The second kappa shape index (κ2) is 5.04. The highest BCUT2D eigenvalue weighted by molar-refractivity contribution is 5.53. The van der Waals surface area contributed by atoms with Gasteiger partial charge in [0, 0.05) is 5.56 Å². The van der Waals surface area contributed by atoms with E-state index in [2.05, 4.69) is 0 Å². The standard InChI is InChI=1S/C17H18FNO2/c1-20-13-5-3-11-7-8-17(19,14(11)10-13)15-9-12(18)4-6-16(15)21-2/h3-6,9-10H,7-8,19H2,1-2H3. The summed E-state index contributed by atoms with van der Waals surface area (Å²) in [6.07, 6.45) is 1.57. The van der Waals surface area contributed by atoms with Crippen molar-refractivity contribution in [3.63, 3.8) is 0 Å². The first-order valence-electron chi connectivity index (χ1n) is 6.89. The molecule has 0 fully saturated rings. The number of hydrogen-bond donors (Lipinski definition) is 1. The molecule has 0 aliphatic heterocycles. The van der Waals surface area contributed by atoms with Crippen molar-refractivity contribution in [3.8, 4) is 11.5 Å². The minimum atomic E-state index is -0.753. The van der Waals surface area contributed by atoms with Crippen molar-refractivity contribution in [2.24, 2.45) is 5.73 Å². The lowest BCUT2D eigenvalue weighted by Gasteiger charge is -2.28. The molecule has 0 aromatic heterocycles. The van der Waals surface area contributed by atoms with Crippen LogP contribution < -0.4 is 15.2 Å². The van der Waals surface area contributed by atoms with Crippen LogP contribution in [-0.2, 0) is 12.0 Å². The maximum Gasteiger partial charge on any atom is 0.124 e. The molecule has 2 aromatic carbocycles. The van der Waals surface area contributed by atoms with E-state index in [0.717, 1.165) is 24.2 Å². The van der Waals surface area contributed by atoms with Crippen molar-refractivity contribution >= 4 is 0 Å². The van der Waals surface area contributed by atoms with Crippen LogP contribution in [0.2, 0.25) is 0 Å². The van der Waals surface area contributed by atoms with Crippen molar-refractivity contribution in [3.05, 3.63) is 58.9 Å². The fraction of sp³-hybridized carbons (Fsp3) is 0.294. The van der Waals surface area contributed by atoms with E-state index in [-0.39, 0.29) is 5.82 Å². The Kier molecular flexibility index (Phi) is 3.33.